The highest BCUT2D eigenvalue weighted by Crippen LogP contribution is 2.27. The Balaban J connectivity index is 1.75. The number of guanidine groups is 1. The van der Waals surface area contributed by atoms with Gasteiger partial charge in [-0.3, -0.25) is 29.3 Å². The van der Waals surface area contributed by atoms with Crippen LogP contribution in [0.1, 0.15) is 67.7 Å². The molecule has 1 aliphatic rings. The van der Waals surface area contributed by atoms with Crippen molar-refractivity contribution in [3.8, 4) is 0 Å². The number of amides is 4. The van der Waals surface area contributed by atoms with E-state index in [2.05, 4.69) is 46.1 Å². The zero-order valence-electron chi connectivity index (χ0n) is 22.8. The second-order valence-corrected chi connectivity index (χ2v) is 10.1. The summed E-state index contributed by atoms with van der Waals surface area (Å²) >= 11 is 0. The zero-order valence-corrected chi connectivity index (χ0v) is 22.8. The average Bonchev–Trinajstić information content (AvgIpc) is 3.61. The molecule has 0 aliphatic heterocycles. The Morgan fingerprint density at radius 2 is 1.71 bits per heavy atom. The first-order valence-electron chi connectivity index (χ1n) is 13.5. The lowest BCUT2D eigenvalue weighted by Gasteiger charge is -2.28. The number of hydrogen-bond acceptors (Lipinski definition) is 9. The van der Waals surface area contributed by atoms with Gasteiger partial charge in [0.05, 0.1) is 6.33 Å². The summed E-state index contributed by atoms with van der Waals surface area (Å²) in [7, 11) is 0. The van der Waals surface area contributed by atoms with E-state index in [4.69, 9.17) is 22.9 Å². The normalized spacial score (nSPS) is 15.7. The predicted molar refractivity (Wildman–Crippen MR) is 148 cm³/mol. The van der Waals surface area contributed by atoms with E-state index < -0.39 is 41.8 Å². The quantitative estimate of drug-likeness (QED) is 0.0637. The highest BCUT2D eigenvalue weighted by molar-refractivity contribution is 5.97. The van der Waals surface area contributed by atoms with E-state index in [-0.39, 0.29) is 43.0 Å². The lowest BCUT2D eigenvalue weighted by atomic mass is 9.84. The van der Waals surface area contributed by atoms with E-state index in [1.165, 1.54) is 12.5 Å². The number of imidazole rings is 1. The van der Waals surface area contributed by atoms with Crippen molar-refractivity contribution in [2.75, 3.05) is 12.3 Å². The van der Waals surface area contributed by atoms with Crippen LogP contribution in [-0.4, -0.2) is 79.4 Å². The fourth-order valence-corrected chi connectivity index (χ4v) is 4.75. The average molecular weight is 574 g/mol. The lowest BCUT2D eigenvalue weighted by molar-refractivity contribution is -0.132. The summed E-state index contributed by atoms with van der Waals surface area (Å²) in [5.41, 5.74) is 22.4. The van der Waals surface area contributed by atoms with Crippen molar-refractivity contribution in [1.82, 2.24) is 41.1 Å². The Bertz CT molecular complexity index is 1190. The van der Waals surface area contributed by atoms with Gasteiger partial charge in [0.25, 0.3) is 5.91 Å². The van der Waals surface area contributed by atoms with Gasteiger partial charge in [-0.2, -0.15) is 4.98 Å². The van der Waals surface area contributed by atoms with Crippen LogP contribution < -0.4 is 38.9 Å². The van der Waals surface area contributed by atoms with Crippen molar-refractivity contribution in [2.24, 2.45) is 28.1 Å². The second-order valence-electron chi connectivity index (χ2n) is 10.1. The van der Waals surface area contributed by atoms with E-state index in [0.717, 1.165) is 32.1 Å². The summed E-state index contributed by atoms with van der Waals surface area (Å²) in [6, 6.07) is -3.11. The minimum Gasteiger partial charge on any atom is -0.370 e. The van der Waals surface area contributed by atoms with Crippen molar-refractivity contribution in [3.63, 3.8) is 0 Å². The van der Waals surface area contributed by atoms with Crippen LogP contribution in [0.4, 0.5) is 5.95 Å². The van der Waals surface area contributed by atoms with Crippen molar-refractivity contribution in [2.45, 2.75) is 75.9 Å². The topological polar surface area (TPSA) is 291 Å². The number of aromatic amines is 2. The molecular formula is C24H39N13O4. The molecule has 1 aliphatic carbocycles. The number of aromatic nitrogens is 5. The van der Waals surface area contributed by atoms with E-state index in [1.807, 2.05) is 0 Å². The molecule has 1 fully saturated rings. The number of carbonyl (C=O) groups excluding carboxylic acids is 4. The lowest BCUT2D eigenvalue weighted by Crippen LogP contribution is -2.57. The number of nitrogen functional groups attached to an aromatic ring is 1. The molecule has 3 rings (SSSR count). The molecule has 1 saturated carbocycles. The monoisotopic (exact) mass is 573 g/mol. The summed E-state index contributed by atoms with van der Waals surface area (Å²) in [6.45, 7) is 0.213. The number of H-pyrrole nitrogens is 2. The predicted octanol–water partition coefficient (Wildman–Crippen LogP) is -2.07. The third-order valence-electron chi connectivity index (χ3n) is 6.85. The standard InChI is InChI=1S/C24H39N13O4/c25-18(38)16(10-14-11-29-12-31-14)33-20(39)15(7-4-8-30-23(26)27)32-21(40)17(9-13-5-2-1-3-6-13)34-22(41)19-35-24(28)37-36-19/h11-13,15-17H,1-10H2,(H2,25,38)(H,29,31)(H,32,40)(H,33,39)(H,34,41)(H4,26,27,30)(H3,28,35,36,37)/t15-,16-,17-/m0/s1. The summed E-state index contributed by atoms with van der Waals surface area (Å²) in [4.78, 5) is 66.3. The number of hydrogen-bond donors (Lipinski definition) is 9. The molecule has 224 valence electrons. The van der Waals surface area contributed by atoms with Gasteiger partial charge in [0.2, 0.25) is 29.5 Å². The first-order valence-corrected chi connectivity index (χ1v) is 13.5. The molecule has 17 nitrogen and oxygen atoms in total. The maximum atomic E-state index is 13.6. The SMILES string of the molecule is NC(=O)[C@H](Cc1cnc[nH]1)NC(=O)[C@H](CCCN=C(N)N)NC(=O)[C@H](CC1CCCCC1)NC(=O)c1nc(N)n[nH]1. The minimum atomic E-state index is -1.08. The number of anilines is 1. The fourth-order valence-electron chi connectivity index (χ4n) is 4.75. The number of nitrogens with one attached hydrogen (secondary N) is 5. The van der Waals surface area contributed by atoms with Crippen LogP contribution in [0, 0.1) is 5.92 Å². The Kier molecular flexibility index (Phi) is 11.4. The second kappa shape index (κ2) is 15.2. The summed E-state index contributed by atoms with van der Waals surface area (Å²) in [6.07, 6.45) is 8.92. The van der Waals surface area contributed by atoms with E-state index >= 15 is 0 Å². The molecular weight excluding hydrogens is 534 g/mol. The Labute approximate surface area is 236 Å². The third-order valence-corrected chi connectivity index (χ3v) is 6.85. The van der Waals surface area contributed by atoms with Gasteiger partial charge in [0, 0.05) is 24.9 Å². The van der Waals surface area contributed by atoms with Crippen LogP contribution in [0.2, 0.25) is 0 Å². The van der Waals surface area contributed by atoms with Gasteiger partial charge in [-0.15, -0.1) is 5.10 Å². The minimum absolute atomic E-state index is 0.0798. The number of carbonyl (C=O) groups is 4. The van der Waals surface area contributed by atoms with Gasteiger partial charge in [-0.25, -0.2) is 4.98 Å². The van der Waals surface area contributed by atoms with Gasteiger partial charge in [0.15, 0.2) is 5.96 Å². The van der Waals surface area contributed by atoms with Crippen LogP contribution in [0.3, 0.4) is 0 Å². The number of nitrogens with two attached hydrogens (primary N) is 4. The molecule has 2 aromatic rings. The van der Waals surface area contributed by atoms with Gasteiger partial charge in [-0.05, 0) is 25.2 Å². The van der Waals surface area contributed by atoms with Gasteiger partial charge < -0.3 is 43.9 Å². The first kappa shape index (κ1) is 30.8. The first-order chi connectivity index (χ1) is 19.6. The van der Waals surface area contributed by atoms with Crippen LogP contribution in [0.25, 0.3) is 0 Å². The van der Waals surface area contributed by atoms with Crippen molar-refractivity contribution < 1.29 is 19.2 Å². The van der Waals surface area contributed by atoms with Crippen molar-refractivity contribution >= 4 is 35.5 Å². The molecule has 0 radical (unpaired) electrons. The molecule has 3 atom stereocenters. The Morgan fingerprint density at radius 3 is 2.32 bits per heavy atom. The maximum Gasteiger partial charge on any atom is 0.289 e. The van der Waals surface area contributed by atoms with Crippen LogP contribution in [-0.2, 0) is 20.8 Å². The molecule has 2 aromatic heterocycles. The molecule has 0 saturated heterocycles. The van der Waals surface area contributed by atoms with Crippen molar-refractivity contribution in [3.05, 3.63) is 24.0 Å². The summed E-state index contributed by atoms with van der Waals surface area (Å²) < 4.78 is 0. The van der Waals surface area contributed by atoms with E-state index in [9.17, 15) is 19.2 Å². The molecule has 0 bridgehead atoms. The number of aliphatic imine (C=N–C) groups is 1. The molecule has 17 heteroatoms. The van der Waals surface area contributed by atoms with Crippen LogP contribution >= 0.6 is 0 Å². The zero-order chi connectivity index (χ0) is 29.8. The molecule has 13 N–H and O–H groups in total. The molecule has 0 aromatic carbocycles. The van der Waals surface area contributed by atoms with Gasteiger partial charge in [0.1, 0.15) is 18.1 Å². The summed E-state index contributed by atoms with van der Waals surface area (Å²) in [5.74, 6) is -2.76. The molecule has 0 unspecified atom stereocenters. The smallest absolute Gasteiger partial charge is 0.289 e. The highest BCUT2D eigenvalue weighted by Gasteiger charge is 2.31. The van der Waals surface area contributed by atoms with E-state index in [1.54, 1.807) is 0 Å². The summed E-state index contributed by atoms with van der Waals surface area (Å²) in [5, 5.41) is 14.1. The Hall–Kier alpha value is -4.70. The third kappa shape index (κ3) is 10.1. The highest BCUT2D eigenvalue weighted by atomic mass is 16.2. The number of primary amides is 1. The molecule has 2 heterocycles. The molecule has 0 spiro atoms. The number of nitrogens with zero attached hydrogens (tertiary/aromatic N) is 4. The number of rotatable bonds is 15. The van der Waals surface area contributed by atoms with E-state index in [0.29, 0.717) is 18.5 Å². The van der Waals surface area contributed by atoms with Crippen LogP contribution in [0.15, 0.2) is 17.5 Å². The fraction of sp³-hybridized carbons (Fsp3) is 0.583. The van der Waals surface area contributed by atoms with Crippen LogP contribution in [0.5, 0.6) is 0 Å². The molecule has 4 amide bonds. The van der Waals surface area contributed by atoms with Gasteiger partial charge >= 0.3 is 0 Å². The van der Waals surface area contributed by atoms with Gasteiger partial charge in [-0.1, -0.05) is 32.1 Å². The maximum absolute atomic E-state index is 13.6. The van der Waals surface area contributed by atoms with Crippen molar-refractivity contribution in [1.29, 1.82) is 0 Å². The largest absolute Gasteiger partial charge is 0.370 e. The Morgan fingerprint density at radius 1 is 1.00 bits per heavy atom. The molecule has 41 heavy (non-hydrogen) atoms.